The first-order chi connectivity index (χ1) is 7.27. The van der Waals surface area contributed by atoms with Crippen LogP contribution in [0.3, 0.4) is 0 Å². The second kappa shape index (κ2) is 7.04. The number of nitrogens with one attached hydrogen (secondary N) is 1. The average Bonchev–Trinajstić information content (AvgIpc) is 2.64. The van der Waals surface area contributed by atoms with Gasteiger partial charge >= 0.3 is 0 Å². The first-order valence-electron chi connectivity index (χ1n) is 5.25. The van der Waals surface area contributed by atoms with E-state index in [9.17, 15) is 0 Å². The van der Waals surface area contributed by atoms with Crippen molar-refractivity contribution in [3.05, 3.63) is 22.6 Å². The molecule has 3 nitrogen and oxygen atoms in total. The Balaban J connectivity index is 2.49. The number of ether oxygens (including phenoxy) is 1. The van der Waals surface area contributed by atoms with Crippen molar-refractivity contribution in [3.8, 4) is 0 Å². The summed E-state index contributed by atoms with van der Waals surface area (Å²) in [6, 6.07) is 4.22. The van der Waals surface area contributed by atoms with Crippen LogP contribution < -0.4 is 5.32 Å². The van der Waals surface area contributed by atoms with E-state index in [0.717, 1.165) is 36.4 Å². The normalized spacial score (nSPS) is 13.0. The molecule has 0 fully saturated rings. The van der Waals surface area contributed by atoms with Crippen LogP contribution in [0.4, 0.5) is 0 Å². The van der Waals surface area contributed by atoms with Gasteiger partial charge in [-0.15, -0.1) is 0 Å². The SMILES string of the molecule is CCNC(CCCOC)c1ccc(Br)o1. The zero-order valence-corrected chi connectivity index (χ0v) is 10.8. The summed E-state index contributed by atoms with van der Waals surface area (Å²) >= 11 is 3.31. The van der Waals surface area contributed by atoms with Gasteiger partial charge in [0.25, 0.3) is 0 Å². The molecule has 0 aromatic carbocycles. The van der Waals surface area contributed by atoms with Crippen LogP contribution in [0.25, 0.3) is 0 Å². The Morgan fingerprint density at radius 1 is 1.53 bits per heavy atom. The Morgan fingerprint density at radius 3 is 2.87 bits per heavy atom. The first-order valence-corrected chi connectivity index (χ1v) is 6.04. The Morgan fingerprint density at radius 2 is 2.33 bits per heavy atom. The number of halogens is 1. The smallest absolute Gasteiger partial charge is 0.169 e. The van der Waals surface area contributed by atoms with E-state index in [0.29, 0.717) is 0 Å². The van der Waals surface area contributed by atoms with Gasteiger partial charge in [0.1, 0.15) is 5.76 Å². The van der Waals surface area contributed by atoms with E-state index in [1.807, 2.05) is 12.1 Å². The Kier molecular flexibility index (Phi) is 5.98. The molecular formula is C11H18BrNO2. The summed E-state index contributed by atoms with van der Waals surface area (Å²) in [6.07, 6.45) is 2.06. The molecule has 1 rings (SSSR count). The average molecular weight is 276 g/mol. The third-order valence-corrected chi connectivity index (χ3v) is 2.66. The number of methoxy groups -OCH3 is 1. The standard InChI is InChI=1S/C11H18BrNO2/c1-3-13-9(5-4-8-14-2)10-6-7-11(12)15-10/h6-7,9,13H,3-5,8H2,1-2H3. The quantitative estimate of drug-likeness (QED) is 0.777. The van der Waals surface area contributed by atoms with Gasteiger partial charge in [0.05, 0.1) is 6.04 Å². The van der Waals surface area contributed by atoms with Gasteiger partial charge in [0.2, 0.25) is 0 Å². The van der Waals surface area contributed by atoms with Crippen LogP contribution in [-0.4, -0.2) is 20.3 Å². The predicted octanol–water partition coefficient (Wildman–Crippen LogP) is 3.12. The summed E-state index contributed by atoms with van der Waals surface area (Å²) in [6.45, 7) is 3.83. The lowest BCUT2D eigenvalue weighted by Crippen LogP contribution is -2.20. The van der Waals surface area contributed by atoms with E-state index in [4.69, 9.17) is 9.15 Å². The molecule has 0 spiro atoms. The van der Waals surface area contributed by atoms with Gasteiger partial charge in [0, 0.05) is 13.7 Å². The van der Waals surface area contributed by atoms with Gasteiger partial charge in [-0.05, 0) is 47.4 Å². The molecule has 0 bridgehead atoms. The highest BCUT2D eigenvalue weighted by molar-refractivity contribution is 9.10. The van der Waals surface area contributed by atoms with Crippen LogP contribution in [-0.2, 0) is 4.74 Å². The number of rotatable bonds is 7. The highest BCUT2D eigenvalue weighted by Gasteiger charge is 2.13. The molecule has 0 aliphatic rings. The minimum Gasteiger partial charge on any atom is -0.453 e. The molecule has 86 valence electrons. The van der Waals surface area contributed by atoms with Crippen LogP contribution in [0.15, 0.2) is 21.2 Å². The third-order valence-electron chi connectivity index (χ3n) is 2.23. The minimum atomic E-state index is 0.288. The zero-order valence-electron chi connectivity index (χ0n) is 9.25. The van der Waals surface area contributed by atoms with E-state index in [-0.39, 0.29) is 6.04 Å². The van der Waals surface area contributed by atoms with Gasteiger partial charge in [0.15, 0.2) is 4.67 Å². The minimum absolute atomic E-state index is 0.288. The highest BCUT2D eigenvalue weighted by atomic mass is 79.9. The van der Waals surface area contributed by atoms with E-state index < -0.39 is 0 Å². The van der Waals surface area contributed by atoms with Crippen LogP contribution in [0.1, 0.15) is 31.6 Å². The molecule has 0 aliphatic carbocycles. The first kappa shape index (κ1) is 12.7. The molecule has 1 unspecified atom stereocenters. The second-order valence-corrected chi connectivity index (χ2v) is 4.17. The van der Waals surface area contributed by atoms with Gasteiger partial charge in [-0.1, -0.05) is 6.92 Å². The van der Waals surface area contributed by atoms with Crippen LogP contribution in [0.5, 0.6) is 0 Å². The summed E-state index contributed by atoms with van der Waals surface area (Å²) in [4.78, 5) is 0. The van der Waals surface area contributed by atoms with Gasteiger partial charge in [-0.3, -0.25) is 0 Å². The number of hydrogen-bond donors (Lipinski definition) is 1. The number of furan rings is 1. The van der Waals surface area contributed by atoms with Crippen molar-refractivity contribution in [1.29, 1.82) is 0 Å². The van der Waals surface area contributed by atoms with Crippen LogP contribution in [0.2, 0.25) is 0 Å². The number of hydrogen-bond acceptors (Lipinski definition) is 3. The van der Waals surface area contributed by atoms with E-state index in [1.54, 1.807) is 7.11 Å². The lowest BCUT2D eigenvalue weighted by Gasteiger charge is -2.14. The molecule has 1 atom stereocenters. The van der Waals surface area contributed by atoms with E-state index >= 15 is 0 Å². The van der Waals surface area contributed by atoms with E-state index in [2.05, 4.69) is 28.2 Å². The second-order valence-electron chi connectivity index (χ2n) is 3.39. The van der Waals surface area contributed by atoms with Crippen molar-refractivity contribution in [3.63, 3.8) is 0 Å². The molecule has 4 heteroatoms. The lowest BCUT2D eigenvalue weighted by atomic mass is 10.1. The molecule has 0 saturated heterocycles. The van der Waals surface area contributed by atoms with Crippen LogP contribution >= 0.6 is 15.9 Å². The van der Waals surface area contributed by atoms with Gasteiger partial charge in [-0.2, -0.15) is 0 Å². The van der Waals surface area contributed by atoms with Crippen molar-refractivity contribution in [2.45, 2.75) is 25.8 Å². The molecule has 1 aromatic heterocycles. The van der Waals surface area contributed by atoms with Crippen LogP contribution in [0, 0.1) is 0 Å². The van der Waals surface area contributed by atoms with E-state index in [1.165, 1.54) is 0 Å². The molecule has 0 saturated carbocycles. The summed E-state index contributed by atoms with van der Waals surface area (Å²) in [5.41, 5.74) is 0. The molecule has 1 heterocycles. The fourth-order valence-electron chi connectivity index (χ4n) is 1.54. The topological polar surface area (TPSA) is 34.4 Å². The molecule has 0 aliphatic heterocycles. The van der Waals surface area contributed by atoms with Crippen molar-refractivity contribution in [2.75, 3.05) is 20.3 Å². The maximum absolute atomic E-state index is 5.54. The maximum atomic E-state index is 5.54. The van der Waals surface area contributed by atoms with Gasteiger partial charge in [-0.25, -0.2) is 0 Å². The summed E-state index contributed by atoms with van der Waals surface area (Å²) < 4.78 is 11.4. The van der Waals surface area contributed by atoms with Gasteiger partial charge < -0.3 is 14.5 Å². The predicted molar refractivity (Wildman–Crippen MR) is 63.9 cm³/mol. The Bertz CT molecular complexity index is 275. The monoisotopic (exact) mass is 275 g/mol. The lowest BCUT2D eigenvalue weighted by molar-refractivity contribution is 0.187. The molecule has 0 amide bonds. The summed E-state index contributed by atoms with van der Waals surface area (Å²) in [7, 11) is 1.73. The molecule has 1 N–H and O–H groups in total. The molecule has 0 radical (unpaired) electrons. The summed E-state index contributed by atoms with van der Waals surface area (Å²) in [5.74, 6) is 0.986. The largest absolute Gasteiger partial charge is 0.453 e. The Labute approximate surface area is 99.3 Å². The van der Waals surface area contributed by atoms with Crippen molar-refractivity contribution in [2.24, 2.45) is 0 Å². The molecule has 1 aromatic rings. The third kappa shape index (κ3) is 4.36. The molecular weight excluding hydrogens is 258 g/mol. The zero-order chi connectivity index (χ0) is 11.1. The van der Waals surface area contributed by atoms with Crippen molar-refractivity contribution in [1.82, 2.24) is 5.32 Å². The highest BCUT2D eigenvalue weighted by Crippen LogP contribution is 2.23. The molecule has 15 heavy (non-hydrogen) atoms. The summed E-state index contributed by atoms with van der Waals surface area (Å²) in [5, 5.41) is 3.40. The van der Waals surface area contributed by atoms with Crippen molar-refractivity contribution >= 4 is 15.9 Å². The fourth-order valence-corrected chi connectivity index (χ4v) is 1.86. The Hall–Kier alpha value is -0.320. The van der Waals surface area contributed by atoms with Crippen molar-refractivity contribution < 1.29 is 9.15 Å². The fraction of sp³-hybridized carbons (Fsp3) is 0.636. The maximum Gasteiger partial charge on any atom is 0.169 e.